The molecule has 0 aliphatic heterocycles. The number of imidazole rings is 1. The molecule has 0 fully saturated rings. The van der Waals surface area contributed by atoms with Crippen molar-refractivity contribution in [1.82, 2.24) is 9.13 Å². The van der Waals surface area contributed by atoms with Gasteiger partial charge in [-0.15, -0.1) is 6.07 Å². The quantitative estimate of drug-likeness (QED) is 0.633. The van der Waals surface area contributed by atoms with E-state index in [-0.39, 0.29) is 20.1 Å². The van der Waals surface area contributed by atoms with Gasteiger partial charge in [0, 0.05) is 27.2 Å². The van der Waals surface area contributed by atoms with Gasteiger partial charge in [-0.1, -0.05) is 17.2 Å². The molecule has 0 atom stereocenters. The number of allylic oxidation sites excluding steroid dienone is 1. The zero-order chi connectivity index (χ0) is 12.0. The molecule has 0 amide bonds. The van der Waals surface area contributed by atoms with Gasteiger partial charge in [0.2, 0.25) is 0 Å². The van der Waals surface area contributed by atoms with Crippen molar-refractivity contribution >= 4 is 5.70 Å². The molecular formula is C15H16IrN2. The molecule has 0 saturated heterocycles. The van der Waals surface area contributed by atoms with Crippen LogP contribution in [-0.2, 0) is 33.6 Å². The Kier molecular flexibility index (Phi) is 3.47. The van der Waals surface area contributed by atoms with E-state index < -0.39 is 0 Å². The van der Waals surface area contributed by atoms with Crippen molar-refractivity contribution in [3.8, 4) is 0 Å². The van der Waals surface area contributed by atoms with Gasteiger partial charge >= 0.3 is 0 Å². The molecule has 1 heterocycles. The fraction of sp³-hybridized carbons (Fsp3) is 0.200. The predicted octanol–water partition coefficient (Wildman–Crippen LogP) is 3.12. The van der Waals surface area contributed by atoms with E-state index in [0.717, 1.165) is 12.0 Å². The summed E-state index contributed by atoms with van der Waals surface area (Å²) in [6, 6.07) is 6.37. The first kappa shape index (κ1) is 13.1. The Morgan fingerprint density at radius 2 is 2.06 bits per heavy atom. The van der Waals surface area contributed by atoms with Crippen LogP contribution in [0.4, 0.5) is 0 Å². The number of hydrogen-bond donors (Lipinski definition) is 0. The second-order valence-corrected chi connectivity index (χ2v) is 4.74. The van der Waals surface area contributed by atoms with E-state index in [9.17, 15) is 0 Å². The normalized spacial score (nSPS) is 13.4. The van der Waals surface area contributed by atoms with Gasteiger partial charge in [0.05, 0.1) is 5.70 Å². The van der Waals surface area contributed by atoms with E-state index in [1.165, 1.54) is 22.4 Å². The Morgan fingerprint density at radius 3 is 2.72 bits per heavy atom. The van der Waals surface area contributed by atoms with Crippen molar-refractivity contribution in [1.29, 1.82) is 0 Å². The summed E-state index contributed by atoms with van der Waals surface area (Å²) in [5.74, 6) is 0. The van der Waals surface area contributed by atoms with Gasteiger partial charge in [0.15, 0.2) is 6.33 Å². The Hall–Kier alpha value is -1.31. The van der Waals surface area contributed by atoms with E-state index in [1.54, 1.807) is 0 Å². The zero-order valence-electron chi connectivity index (χ0n) is 10.6. The molecule has 95 valence electrons. The van der Waals surface area contributed by atoms with Gasteiger partial charge in [0.1, 0.15) is 12.4 Å². The number of aromatic nitrogens is 2. The van der Waals surface area contributed by atoms with Crippen LogP contribution in [0.5, 0.6) is 0 Å². The second-order valence-electron chi connectivity index (χ2n) is 4.74. The first-order chi connectivity index (χ1) is 8.16. The van der Waals surface area contributed by atoms with Gasteiger partial charge < -0.3 is 0 Å². The number of hydrogen-bond acceptors (Lipinski definition) is 0. The number of aryl methyl sites for hydroxylation is 1. The molecule has 1 aromatic heterocycles. The van der Waals surface area contributed by atoms with Crippen molar-refractivity contribution in [2.24, 2.45) is 7.05 Å². The van der Waals surface area contributed by atoms with E-state index in [0.29, 0.717) is 0 Å². The summed E-state index contributed by atoms with van der Waals surface area (Å²) in [6.07, 6.45) is 7.29. The first-order valence-electron chi connectivity index (χ1n) is 5.84. The van der Waals surface area contributed by atoms with Crippen molar-refractivity contribution in [3.63, 3.8) is 0 Å². The van der Waals surface area contributed by atoms with E-state index in [2.05, 4.69) is 59.9 Å². The Bertz CT molecular complexity index is 623. The average Bonchev–Trinajstić information content (AvgIpc) is 2.82. The number of fused-ring (bicyclic) bond motifs is 1. The smallest absolute Gasteiger partial charge is 0.164 e. The van der Waals surface area contributed by atoms with Gasteiger partial charge in [0.25, 0.3) is 0 Å². The molecule has 18 heavy (non-hydrogen) atoms. The van der Waals surface area contributed by atoms with E-state index >= 15 is 0 Å². The van der Waals surface area contributed by atoms with E-state index in [4.69, 9.17) is 0 Å². The van der Waals surface area contributed by atoms with Crippen LogP contribution in [-0.4, -0.2) is 9.13 Å². The third kappa shape index (κ3) is 1.94. The summed E-state index contributed by atoms with van der Waals surface area (Å²) in [5.41, 5.74) is 6.52. The number of rotatable bonds is 1. The fourth-order valence-electron chi connectivity index (χ4n) is 2.62. The molecule has 1 aromatic carbocycles. The fourth-order valence-corrected chi connectivity index (χ4v) is 2.62. The Morgan fingerprint density at radius 1 is 1.28 bits per heavy atom. The predicted molar refractivity (Wildman–Crippen MR) is 70.4 cm³/mol. The molecule has 3 rings (SSSR count). The molecule has 0 saturated carbocycles. The summed E-state index contributed by atoms with van der Waals surface area (Å²) in [6.45, 7) is 6.36. The van der Waals surface area contributed by atoms with Gasteiger partial charge in [-0.2, -0.15) is 23.1 Å². The second kappa shape index (κ2) is 4.75. The van der Waals surface area contributed by atoms with Crippen molar-refractivity contribution in [2.45, 2.75) is 13.3 Å². The molecule has 2 nitrogen and oxygen atoms in total. The summed E-state index contributed by atoms with van der Waals surface area (Å²) >= 11 is 0. The molecule has 2 aromatic rings. The van der Waals surface area contributed by atoms with Crippen LogP contribution < -0.4 is 0 Å². The Balaban J connectivity index is 0.00000120. The van der Waals surface area contributed by atoms with Crippen LogP contribution in [0.1, 0.15) is 23.6 Å². The first-order valence-corrected chi connectivity index (χ1v) is 5.84. The minimum atomic E-state index is 0. The molecule has 0 bridgehead atoms. The van der Waals surface area contributed by atoms with Gasteiger partial charge in [-0.05, 0) is 18.9 Å². The molecule has 0 unspecified atom stereocenters. The Labute approximate surface area is 121 Å². The summed E-state index contributed by atoms with van der Waals surface area (Å²) in [5, 5.41) is 0. The summed E-state index contributed by atoms with van der Waals surface area (Å²) in [7, 11) is 2.04. The molecule has 1 aliphatic rings. The minimum absolute atomic E-state index is 0. The molecule has 1 radical (unpaired) electrons. The third-order valence-electron chi connectivity index (χ3n) is 3.36. The zero-order valence-corrected chi connectivity index (χ0v) is 13.0. The maximum absolute atomic E-state index is 4.15. The standard InChI is InChI=1S/C15H16N2.Ir/c1-11-5-4-6-13-9-12(2)15(14(11)13)17-8-7-16(3)10-17;/h4-8,10H,1,9H2,2-3H3;. The SMILES string of the molecule is [CH2-]c1cccc2c1C(n1ccn(C)[cH+]1)=C(C)C2.[Ir]. The van der Waals surface area contributed by atoms with Crippen LogP contribution in [0.15, 0.2) is 42.5 Å². The largest absolute Gasteiger partial charge is 0.255 e. The average molecular weight is 417 g/mol. The molecule has 0 N–H and O–H groups in total. The molecule has 3 heteroatoms. The maximum Gasteiger partial charge on any atom is 0.164 e. The van der Waals surface area contributed by atoms with Crippen LogP contribution in [0, 0.1) is 6.92 Å². The molecule has 0 spiro atoms. The van der Waals surface area contributed by atoms with Crippen LogP contribution in [0.2, 0.25) is 0 Å². The van der Waals surface area contributed by atoms with Gasteiger partial charge in [-0.25, -0.2) is 0 Å². The molecule has 1 aliphatic carbocycles. The molecular weight excluding hydrogens is 400 g/mol. The third-order valence-corrected chi connectivity index (χ3v) is 3.36. The summed E-state index contributed by atoms with van der Waals surface area (Å²) < 4.78 is 4.25. The van der Waals surface area contributed by atoms with E-state index in [1.807, 2.05) is 7.05 Å². The van der Waals surface area contributed by atoms with Crippen molar-refractivity contribution < 1.29 is 20.1 Å². The number of benzene rings is 1. The van der Waals surface area contributed by atoms with Crippen molar-refractivity contribution in [3.05, 3.63) is 66.1 Å². The maximum atomic E-state index is 4.15. The number of nitrogens with zero attached hydrogens (tertiary/aromatic N) is 2. The minimum Gasteiger partial charge on any atom is -0.255 e. The summed E-state index contributed by atoms with van der Waals surface area (Å²) in [4.78, 5) is 0. The van der Waals surface area contributed by atoms with Crippen LogP contribution >= 0.6 is 0 Å². The monoisotopic (exact) mass is 417 g/mol. The van der Waals surface area contributed by atoms with Crippen molar-refractivity contribution in [2.75, 3.05) is 0 Å². The van der Waals surface area contributed by atoms with Gasteiger partial charge in [-0.3, -0.25) is 4.57 Å². The van der Waals surface area contributed by atoms with Crippen LogP contribution in [0.3, 0.4) is 0 Å². The van der Waals surface area contributed by atoms with Crippen LogP contribution in [0.25, 0.3) is 5.70 Å². The topological polar surface area (TPSA) is 9.86 Å².